The molecule has 0 aromatic rings. The van der Waals surface area contributed by atoms with Crippen molar-refractivity contribution in [1.82, 2.24) is 0 Å². The molecule has 1 rings (SSSR count). The van der Waals surface area contributed by atoms with Crippen LogP contribution in [-0.2, 0) is 19.0 Å². The van der Waals surface area contributed by atoms with Crippen molar-refractivity contribution in [3.05, 3.63) is 0 Å². The lowest BCUT2D eigenvalue weighted by Crippen LogP contribution is -2.37. The van der Waals surface area contributed by atoms with Gasteiger partial charge in [-0.15, -0.1) is 0 Å². The first-order valence-electron chi connectivity index (χ1n) is 5.25. The third kappa shape index (κ3) is 3.47. The number of ether oxygens (including phenoxy) is 3. The summed E-state index contributed by atoms with van der Waals surface area (Å²) in [7, 11) is 3.05. The third-order valence-electron chi connectivity index (χ3n) is 2.93. The van der Waals surface area contributed by atoms with Crippen molar-refractivity contribution in [2.75, 3.05) is 20.8 Å². The van der Waals surface area contributed by atoms with E-state index in [0.29, 0.717) is 12.5 Å². The molecule has 0 radical (unpaired) electrons. The topological polar surface area (TPSA) is 44.8 Å². The Balaban J connectivity index is 2.16. The van der Waals surface area contributed by atoms with Crippen LogP contribution >= 0.6 is 0 Å². The molecule has 1 fully saturated rings. The third-order valence-corrected chi connectivity index (χ3v) is 2.93. The van der Waals surface area contributed by atoms with Gasteiger partial charge in [-0.1, -0.05) is 0 Å². The molecule has 0 amide bonds. The molecule has 0 aliphatic heterocycles. The number of methoxy groups -OCH3 is 2. The van der Waals surface area contributed by atoms with Gasteiger partial charge in [-0.2, -0.15) is 0 Å². The molecule has 0 N–H and O–H groups in total. The second kappa shape index (κ2) is 4.94. The zero-order valence-corrected chi connectivity index (χ0v) is 9.91. The molecule has 0 saturated heterocycles. The second-order valence-electron chi connectivity index (χ2n) is 4.47. The van der Waals surface area contributed by atoms with Crippen molar-refractivity contribution in [2.24, 2.45) is 11.8 Å². The number of esters is 1. The van der Waals surface area contributed by atoms with Gasteiger partial charge in [-0.05, 0) is 32.6 Å². The van der Waals surface area contributed by atoms with Crippen LogP contribution in [0.4, 0.5) is 0 Å². The van der Waals surface area contributed by atoms with Gasteiger partial charge in [0, 0.05) is 7.11 Å². The van der Waals surface area contributed by atoms with E-state index >= 15 is 0 Å². The summed E-state index contributed by atoms with van der Waals surface area (Å²) in [4.78, 5) is 11.1. The van der Waals surface area contributed by atoms with Crippen molar-refractivity contribution in [1.29, 1.82) is 0 Å². The molecule has 0 aromatic heterocycles. The smallest absolute Gasteiger partial charge is 0.308 e. The Morgan fingerprint density at radius 3 is 2.40 bits per heavy atom. The van der Waals surface area contributed by atoms with Gasteiger partial charge in [0.25, 0.3) is 0 Å². The van der Waals surface area contributed by atoms with Gasteiger partial charge in [-0.3, -0.25) is 4.79 Å². The number of carbonyl (C=O) groups is 1. The molecular weight excluding hydrogens is 196 g/mol. The van der Waals surface area contributed by atoms with Gasteiger partial charge in [0.05, 0.1) is 19.6 Å². The fourth-order valence-electron chi connectivity index (χ4n) is 1.61. The summed E-state index contributed by atoms with van der Waals surface area (Å²) in [6, 6.07) is 0. The van der Waals surface area contributed by atoms with Gasteiger partial charge in [0.1, 0.15) is 0 Å². The highest BCUT2D eigenvalue weighted by Gasteiger charge is 2.36. The summed E-state index contributed by atoms with van der Waals surface area (Å²) in [5.74, 6) is -0.0916. The SMILES string of the molecule is COC(=O)[C@H]1C[C@@H](COC(C)(C)OC)C1. The van der Waals surface area contributed by atoms with Crippen LogP contribution < -0.4 is 0 Å². The first-order chi connectivity index (χ1) is 6.98. The Labute approximate surface area is 90.9 Å². The zero-order chi connectivity index (χ0) is 11.5. The largest absolute Gasteiger partial charge is 0.469 e. The van der Waals surface area contributed by atoms with Gasteiger partial charge in [0.2, 0.25) is 0 Å². The lowest BCUT2D eigenvalue weighted by Gasteiger charge is -2.35. The molecule has 0 bridgehead atoms. The van der Waals surface area contributed by atoms with Gasteiger partial charge in [-0.25, -0.2) is 0 Å². The van der Waals surface area contributed by atoms with E-state index < -0.39 is 5.79 Å². The zero-order valence-electron chi connectivity index (χ0n) is 9.91. The van der Waals surface area contributed by atoms with Gasteiger partial charge >= 0.3 is 5.97 Å². The maximum atomic E-state index is 11.1. The fraction of sp³-hybridized carbons (Fsp3) is 0.909. The summed E-state index contributed by atoms with van der Waals surface area (Å²) < 4.78 is 15.4. The lowest BCUT2D eigenvalue weighted by atomic mass is 9.75. The molecule has 0 heterocycles. The molecule has 0 aromatic carbocycles. The molecule has 0 spiro atoms. The highest BCUT2D eigenvalue weighted by molar-refractivity contribution is 5.73. The summed E-state index contributed by atoms with van der Waals surface area (Å²) in [5.41, 5.74) is 0. The standard InChI is InChI=1S/C11H20O4/c1-11(2,14-4)15-7-8-5-9(6-8)10(12)13-3/h8-9H,5-7H2,1-4H3/t8-,9+. The highest BCUT2D eigenvalue weighted by Crippen LogP contribution is 2.35. The normalized spacial score (nSPS) is 25.9. The van der Waals surface area contributed by atoms with Crippen LogP contribution in [0.3, 0.4) is 0 Å². The number of rotatable bonds is 5. The minimum absolute atomic E-state index is 0.0780. The number of hydrogen-bond acceptors (Lipinski definition) is 4. The van der Waals surface area contributed by atoms with E-state index in [1.165, 1.54) is 7.11 Å². The van der Waals surface area contributed by atoms with Crippen molar-refractivity contribution in [3.8, 4) is 0 Å². The highest BCUT2D eigenvalue weighted by atomic mass is 16.7. The first-order valence-corrected chi connectivity index (χ1v) is 5.25. The first kappa shape index (κ1) is 12.5. The van der Waals surface area contributed by atoms with Crippen LogP contribution in [0.1, 0.15) is 26.7 Å². The van der Waals surface area contributed by atoms with E-state index in [9.17, 15) is 4.79 Å². The average molecular weight is 216 g/mol. The minimum Gasteiger partial charge on any atom is -0.469 e. The maximum Gasteiger partial charge on any atom is 0.308 e. The summed E-state index contributed by atoms with van der Waals surface area (Å²) in [6.45, 7) is 4.40. The van der Waals surface area contributed by atoms with Crippen LogP contribution in [0.2, 0.25) is 0 Å². The van der Waals surface area contributed by atoms with Crippen molar-refractivity contribution in [2.45, 2.75) is 32.5 Å². The van der Waals surface area contributed by atoms with Crippen molar-refractivity contribution < 1.29 is 19.0 Å². The number of hydrogen-bond donors (Lipinski definition) is 0. The summed E-state index contributed by atoms with van der Waals surface area (Å²) in [6.07, 6.45) is 1.74. The van der Waals surface area contributed by atoms with Crippen molar-refractivity contribution in [3.63, 3.8) is 0 Å². The molecule has 0 atom stereocenters. The van der Waals surface area contributed by atoms with Crippen LogP contribution in [0.5, 0.6) is 0 Å². The molecule has 1 aliphatic rings. The Kier molecular flexibility index (Phi) is 4.11. The Hall–Kier alpha value is -0.610. The van der Waals surface area contributed by atoms with Crippen LogP contribution in [0.15, 0.2) is 0 Å². The van der Waals surface area contributed by atoms with Crippen LogP contribution in [0, 0.1) is 11.8 Å². The quantitative estimate of drug-likeness (QED) is 0.517. The molecule has 88 valence electrons. The molecule has 1 aliphatic carbocycles. The Morgan fingerprint density at radius 2 is 1.93 bits per heavy atom. The molecule has 4 heteroatoms. The van der Waals surface area contributed by atoms with Crippen molar-refractivity contribution >= 4 is 5.97 Å². The predicted octanol–water partition coefficient (Wildman–Crippen LogP) is 1.58. The molecule has 15 heavy (non-hydrogen) atoms. The van der Waals surface area contributed by atoms with E-state index in [1.54, 1.807) is 7.11 Å². The van der Waals surface area contributed by atoms with Crippen LogP contribution in [-0.4, -0.2) is 32.6 Å². The second-order valence-corrected chi connectivity index (χ2v) is 4.47. The lowest BCUT2D eigenvalue weighted by molar-refractivity contribution is -0.209. The fourth-order valence-corrected chi connectivity index (χ4v) is 1.61. The van der Waals surface area contributed by atoms with E-state index in [0.717, 1.165) is 12.8 Å². The van der Waals surface area contributed by atoms with E-state index in [-0.39, 0.29) is 11.9 Å². The minimum atomic E-state index is -0.531. The van der Waals surface area contributed by atoms with Gasteiger partial charge in [0.15, 0.2) is 5.79 Å². The molecular formula is C11H20O4. The average Bonchev–Trinajstić information content (AvgIpc) is 2.14. The predicted molar refractivity (Wildman–Crippen MR) is 55.3 cm³/mol. The molecule has 4 nitrogen and oxygen atoms in total. The number of carbonyl (C=O) groups excluding carboxylic acids is 1. The Bertz CT molecular complexity index is 219. The maximum absolute atomic E-state index is 11.1. The van der Waals surface area contributed by atoms with E-state index in [2.05, 4.69) is 4.74 Å². The molecule has 1 saturated carbocycles. The Morgan fingerprint density at radius 1 is 1.33 bits per heavy atom. The monoisotopic (exact) mass is 216 g/mol. The van der Waals surface area contributed by atoms with E-state index in [4.69, 9.17) is 9.47 Å². The van der Waals surface area contributed by atoms with Crippen LogP contribution in [0.25, 0.3) is 0 Å². The summed E-state index contributed by atoms with van der Waals surface area (Å²) in [5, 5.41) is 0. The molecule has 0 unspecified atom stereocenters. The van der Waals surface area contributed by atoms with Gasteiger partial charge < -0.3 is 14.2 Å². The summed E-state index contributed by atoms with van der Waals surface area (Å²) >= 11 is 0. The van der Waals surface area contributed by atoms with E-state index in [1.807, 2.05) is 13.8 Å².